The van der Waals surface area contributed by atoms with E-state index < -0.39 is 30.0 Å². The smallest absolute Gasteiger partial charge is 0.231 e. The number of carboxylic acids is 1. The van der Waals surface area contributed by atoms with Crippen LogP contribution in [0.2, 0.25) is 0 Å². The number of hydrogen-bond acceptors (Lipinski definition) is 4. The van der Waals surface area contributed by atoms with Gasteiger partial charge in [0, 0.05) is 17.6 Å². The summed E-state index contributed by atoms with van der Waals surface area (Å²) >= 11 is 0. The molecule has 0 radical (unpaired) electrons. The van der Waals surface area contributed by atoms with Gasteiger partial charge in [-0.25, -0.2) is 0 Å². The van der Waals surface area contributed by atoms with Crippen LogP contribution < -0.4 is 16.2 Å². The van der Waals surface area contributed by atoms with E-state index in [1.54, 1.807) is 18.2 Å². The molecule has 1 fully saturated rings. The Hall–Kier alpha value is -2.18. The molecule has 1 saturated heterocycles. The molecular formula is C19H26N2O4. The third-order valence-corrected chi connectivity index (χ3v) is 4.34. The van der Waals surface area contributed by atoms with Gasteiger partial charge in [0.05, 0.1) is 24.2 Å². The van der Waals surface area contributed by atoms with E-state index in [4.69, 9.17) is 4.74 Å². The van der Waals surface area contributed by atoms with Crippen molar-refractivity contribution in [2.24, 2.45) is 11.8 Å². The van der Waals surface area contributed by atoms with Crippen LogP contribution in [0, 0.1) is 25.7 Å². The Morgan fingerprint density at radius 1 is 1.16 bits per heavy atom. The standard InChI is InChI=1S/C16H17NO4.C3H9N/c1-8-4-3-5-10(9(8)2)17-15(18)13-11-6-7-12(21-11)14(13)16(19)20;1-3(2)4/h3-7,11-14H,1-2H3,(H,17,18)(H,19,20);3H,4H2,1-2H3. The number of hydrogen-bond donors (Lipinski definition) is 2. The number of carbonyl (C=O) groups is 2. The van der Waals surface area contributed by atoms with Crippen LogP contribution >= 0.6 is 0 Å². The van der Waals surface area contributed by atoms with E-state index in [1.165, 1.54) is 0 Å². The molecule has 25 heavy (non-hydrogen) atoms. The minimum atomic E-state index is -1.24. The van der Waals surface area contributed by atoms with E-state index >= 15 is 0 Å². The molecular weight excluding hydrogens is 320 g/mol. The molecule has 2 bridgehead atoms. The van der Waals surface area contributed by atoms with Gasteiger partial charge in [-0.3, -0.25) is 4.79 Å². The van der Waals surface area contributed by atoms with Gasteiger partial charge in [-0.05, 0) is 44.9 Å². The quantitative estimate of drug-likeness (QED) is 0.762. The number of anilines is 1. The van der Waals surface area contributed by atoms with Crippen molar-refractivity contribution >= 4 is 17.6 Å². The van der Waals surface area contributed by atoms with E-state index in [2.05, 4.69) is 24.9 Å². The predicted octanol–water partition coefficient (Wildman–Crippen LogP) is 0.198. The van der Waals surface area contributed by atoms with Crippen molar-refractivity contribution in [2.75, 3.05) is 5.32 Å². The number of carbonyl (C=O) groups excluding carboxylic acids is 2. The number of carboxylic acid groups (broad SMARTS) is 1. The molecule has 3 rings (SSSR count). The van der Waals surface area contributed by atoms with Crippen LogP contribution in [0.15, 0.2) is 30.4 Å². The summed E-state index contributed by atoms with van der Waals surface area (Å²) < 4.78 is 5.48. The Balaban J connectivity index is 0.000000511. The van der Waals surface area contributed by atoms with Crippen LogP contribution in [0.1, 0.15) is 25.0 Å². The van der Waals surface area contributed by atoms with Crippen LogP contribution in [0.25, 0.3) is 0 Å². The molecule has 1 amide bonds. The third kappa shape index (κ3) is 4.27. The Kier molecular flexibility index (Phi) is 5.98. The van der Waals surface area contributed by atoms with Crippen molar-refractivity contribution in [3.05, 3.63) is 41.5 Å². The van der Waals surface area contributed by atoms with Crippen molar-refractivity contribution in [1.82, 2.24) is 0 Å². The number of aryl methyl sites for hydroxylation is 1. The lowest BCUT2D eigenvalue weighted by Crippen LogP contribution is -2.57. The highest BCUT2D eigenvalue weighted by atomic mass is 16.5. The van der Waals surface area contributed by atoms with Gasteiger partial charge in [0.2, 0.25) is 5.91 Å². The highest BCUT2D eigenvalue weighted by Gasteiger charge is 2.50. The normalized spacial score (nSPS) is 26.3. The molecule has 0 aromatic heterocycles. The zero-order chi connectivity index (χ0) is 18.7. The zero-order valence-corrected chi connectivity index (χ0v) is 15.1. The zero-order valence-electron chi connectivity index (χ0n) is 15.1. The van der Waals surface area contributed by atoms with E-state index in [0.717, 1.165) is 11.1 Å². The monoisotopic (exact) mass is 346 g/mol. The minimum absolute atomic E-state index is 0.338. The van der Waals surface area contributed by atoms with Gasteiger partial charge in [-0.2, -0.15) is 0 Å². The minimum Gasteiger partial charge on any atom is -0.550 e. The van der Waals surface area contributed by atoms with Crippen molar-refractivity contribution < 1.29 is 25.2 Å². The van der Waals surface area contributed by atoms with Crippen LogP contribution in [-0.4, -0.2) is 30.1 Å². The predicted molar refractivity (Wildman–Crippen MR) is 92.4 cm³/mol. The fourth-order valence-corrected chi connectivity index (χ4v) is 3.00. The summed E-state index contributed by atoms with van der Waals surface area (Å²) in [6, 6.07) is 6.20. The van der Waals surface area contributed by atoms with Crippen molar-refractivity contribution in [1.29, 1.82) is 0 Å². The van der Waals surface area contributed by atoms with E-state index in [0.29, 0.717) is 11.7 Å². The second-order valence-corrected chi connectivity index (χ2v) is 6.95. The van der Waals surface area contributed by atoms with E-state index in [-0.39, 0.29) is 5.91 Å². The third-order valence-electron chi connectivity index (χ3n) is 4.34. The topological polar surface area (TPSA) is 106 Å². The number of rotatable bonds is 3. The largest absolute Gasteiger partial charge is 0.550 e. The summed E-state index contributed by atoms with van der Waals surface area (Å²) in [5.41, 5.74) is 6.37. The number of fused-ring (bicyclic) bond motifs is 2. The first-order chi connectivity index (χ1) is 11.7. The molecule has 4 atom stereocenters. The number of quaternary nitrogens is 1. The first kappa shape index (κ1) is 19.1. The molecule has 2 aliphatic heterocycles. The summed E-state index contributed by atoms with van der Waals surface area (Å²) in [5, 5.41) is 14.1. The Morgan fingerprint density at radius 3 is 2.28 bits per heavy atom. The fourth-order valence-electron chi connectivity index (χ4n) is 3.00. The average molecular weight is 346 g/mol. The first-order valence-corrected chi connectivity index (χ1v) is 8.47. The fraction of sp³-hybridized carbons (Fsp3) is 0.474. The molecule has 2 heterocycles. The molecule has 0 saturated carbocycles. The Bertz CT molecular complexity index is 681. The Morgan fingerprint density at radius 2 is 1.72 bits per heavy atom. The maximum atomic E-state index is 12.5. The number of ether oxygens (including phenoxy) is 1. The van der Waals surface area contributed by atoms with Crippen LogP contribution in [0.3, 0.4) is 0 Å². The lowest BCUT2D eigenvalue weighted by molar-refractivity contribution is -0.407. The maximum Gasteiger partial charge on any atom is 0.231 e. The molecule has 1 aromatic rings. The van der Waals surface area contributed by atoms with Crippen molar-refractivity contribution in [2.45, 2.75) is 45.9 Å². The Labute approximate surface area is 148 Å². The molecule has 2 aliphatic rings. The number of nitrogens with one attached hydrogen (secondary N) is 1. The van der Waals surface area contributed by atoms with Gasteiger partial charge >= 0.3 is 0 Å². The van der Waals surface area contributed by atoms with Gasteiger partial charge in [0.1, 0.15) is 0 Å². The van der Waals surface area contributed by atoms with Crippen LogP contribution in [-0.2, 0) is 14.3 Å². The number of aliphatic carboxylic acids is 1. The molecule has 1 aromatic carbocycles. The lowest BCUT2D eigenvalue weighted by Gasteiger charge is -2.25. The summed E-state index contributed by atoms with van der Waals surface area (Å²) in [7, 11) is 0. The van der Waals surface area contributed by atoms with E-state index in [1.807, 2.05) is 26.0 Å². The summed E-state index contributed by atoms with van der Waals surface area (Å²) in [6.45, 7) is 7.98. The molecule has 6 heteroatoms. The highest BCUT2D eigenvalue weighted by molar-refractivity contribution is 5.97. The van der Waals surface area contributed by atoms with Gasteiger partial charge in [0.15, 0.2) is 0 Å². The average Bonchev–Trinajstić information content (AvgIpc) is 3.12. The molecule has 6 nitrogen and oxygen atoms in total. The lowest BCUT2D eigenvalue weighted by atomic mass is 9.82. The highest BCUT2D eigenvalue weighted by Crippen LogP contribution is 2.39. The molecule has 0 aliphatic carbocycles. The van der Waals surface area contributed by atoms with Crippen molar-refractivity contribution in [3.63, 3.8) is 0 Å². The maximum absolute atomic E-state index is 12.5. The summed E-state index contributed by atoms with van der Waals surface area (Å²) in [6.07, 6.45) is 2.39. The molecule has 4 N–H and O–H groups in total. The van der Waals surface area contributed by atoms with Crippen molar-refractivity contribution in [3.8, 4) is 0 Å². The van der Waals surface area contributed by atoms with Gasteiger partial charge < -0.3 is 25.7 Å². The van der Waals surface area contributed by atoms with E-state index in [9.17, 15) is 14.7 Å². The number of benzene rings is 1. The van der Waals surface area contributed by atoms with Gasteiger partial charge in [-0.1, -0.05) is 24.3 Å². The summed E-state index contributed by atoms with van der Waals surface area (Å²) in [5.74, 6) is -3.25. The first-order valence-electron chi connectivity index (χ1n) is 8.47. The van der Waals surface area contributed by atoms with Crippen LogP contribution in [0.4, 0.5) is 5.69 Å². The molecule has 0 spiro atoms. The van der Waals surface area contributed by atoms with Gasteiger partial charge in [0.25, 0.3) is 0 Å². The SMILES string of the molecule is CC(C)[NH3+].Cc1cccc(NC(=O)C2C3C=CC(O3)C2C(=O)[O-])c1C. The molecule has 4 unspecified atom stereocenters. The number of amides is 1. The second kappa shape index (κ2) is 7.80. The van der Waals surface area contributed by atoms with Crippen LogP contribution in [0.5, 0.6) is 0 Å². The second-order valence-electron chi connectivity index (χ2n) is 6.95. The molecule has 136 valence electrons. The van der Waals surface area contributed by atoms with Gasteiger partial charge in [-0.15, -0.1) is 0 Å². The summed E-state index contributed by atoms with van der Waals surface area (Å²) in [4.78, 5) is 23.7.